The van der Waals surface area contributed by atoms with Gasteiger partial charge in [0, 0.05) is 24.7 Å². The Morgan fingerprint density at radius 3 is 3.07 bits per heavy atom. The van der Waals surface area contributed by atoms with Gasteiger partial charge in [-0.15, -0.1) is 11.3 Å². The molecule has 0 unspecified atom stereocenters. The van der Waals surface area contributed by atoms with Crippen LogP contribution in [0.2, 0.25) is 0 Å². The first-order valence-electron chi connectivity index (χ1n) is 4.66. The van der Waals surface area contributed by atoms with Gasteiger partial charge >= 0.3 is 0 Å². The maximum atomic E-state index is 4.35. The topological polar surface area (TPSA) is 40.5 Å². The van der Waals surface area contributed by atoms with Gasteiger partial charge in [0.1, 0.15) is 5.01 Å². The smallest absolute Gasteiger partial charge is 0.194 e. The Labute approximate surface area is 87.7 Å². The van der Waals surface area contributed by atoms with Gasteiger partial charge in [-0.3, -0.25) is 4.99 Å². The van der Waals surface area contributed by atoms with E-state index in [2.05, 4.69) is 27.1 Å². The second-order valence-corrected chi connectivity index (χ2v) is 4.66. The summed E-state index contributed by atoms with van der Waals surface area (Å²) in [7, 11) is 2.05. The van der Waals surface area contributed by atoms with Crippen molar-refractivity contribution in [1.82, 2.24) is 15.2 Å². The Morgan fingerprint density at radius 1 is 1.64 bits per heavy atom. The van der Waals surface area contributed by atoms with E-state index in [4.69, 9.17) is 0 Å². The van der Waals surface area contributed by atoms with Crippen molar-refractivity contribution in [3.05, 3.63) is 16.1 Å². The van der Waals surface area contributed by atoms with Crippen molar-refractivity contribution in [2.24, 2.45) is 4.99 Å². The Kier molecular flexibility index (Phi) is 2.67. The highest BCUT2D eigenvalue weighted by molar-refractivity contribution is 7.11. The number of aromatic nitrogens is 1. The molecule has 2 heterocycles. The molecule has 0 saturated heterocycles. The molecule has 2 rings (SSSR count). The zero-order chi connectivity index (χ0) is 9.97. The molecule has 0 spiro atoms. The maximum Gasteiger partial charge on any atom is 0.194 e. The molecule has 0 amide bonds. The van der Waals surface area contributed by atoms with E-state index in [1.807, 2.05) is 13.2 Å². The second-order valence-electron chi connectivity index (χ2n) is 3.35. The molecule has 1 aliphatic heterocycles. The van der Waals surface area contributed by atoms with Gasteiger partial charge in [-0.05, 0) is 6.92 Å². The van der Waals surface area contributed by atoms with Crippen LogP contribution in [0.5, 0.6) is 0 Å². The summed E-state index contributed by atoms with van der Waals surface area (Å²) < 4.78 is 0. The number of hydrogen-bond donors (Lipinski definition) is 1. The van der Waals surface area contributed by atoms with Crippen LogP contribution in [-0.2, 0) is 6.54 Å². The molecule has 1 aliphatic rings. The van der Waals surface area contributed by atoms with Crippen LogP contribution in [0, 0.1) is 6.92 Å². The van der Waals surface area contributed by atoms with Crippen LogP contribution in [0.15, 0.2) is 11.2 Å². The molecule has 4 nitrogen and oxygen atoms in total. The number of guanidine groups is 1. The number of rotatable bonds is 2. The number of likely N-dealkylation sites (N-methyl/N-ethyl adjacent to an activating group) is 1. The molecule has 76 valence electrons. The molecule has 14 heavy (non-hydrogen) atoms. The molecule has 0 bridgehead atoms. The fraction of sp³-hybridized carbons (Fsp3) is 0.556. The third-order valence-corrected chi connectivity index (χ3v) is 3.04. The largest absolute Gasteiger partial charge is 0.350 e. The summed E-state index contributed by atoms with van der Waals surface area (Å²) >= 11 is 1.73. The standard InChI is InChI=1S/C9H14N4S/c1-7-5-11-8(14-7)6-12-9-10-3-4-13(9)2/h5H,3-4,6H2,1-2H3,(H,10,12). The van der Waals surface area contributed by atoms with E-state index in [1.54, 1.807) is 11.3 Å². The molecule has 0 aromatic carbocycles. The van der Waals surface area contributed by atoms with Gasteiger partial charge in [-0.2, -0.15) is 0 Å². The summed E-state index contributed by atoms with van der Waals surface area (Å²) in [5.41, 5.74) is 0. The summed E-state index contributed by atoms with van der Waals surface area (Å²) in [6.45, 7) is 4.76. The van der Waals surface area contributed by atoms with E-state index < -0.39 is 0 Å². The fourth-order valence-electron chi connectivity index (χ4n) is 1.36. The Morgan fingerprint density at radius 2 is 2.50 bits per heavy atom. The number of aryl methyl sites for hydroxylation is 1. The Hall–Kier alpha value is -1.10. The third-order valence-electron chi connectivity index (χ3n) is 2.13. The van der Waals surface area contributed by atoms with Crippen LogP contribution < -0.4 is 5.32 Å². The third kappa shape index (κ3) is 2.04. The van der Waals surface area contributed by atoms with Gasteiger partial charge in [0.25, 0.3) is 0 Å². The molecule has 1 aromatic rings. The number of nitrogens with zero attached hydrogens (tertiary/aromatic N) is 3. The number of aliphatic imine (C=N–C) groups is 1. The molecule has 1 N–H and O–H groups in total. The average Bonchev–Trinajstić information content (AvgIpc) is 2.72. The van der Waals surface area contributed by atoms with Gasteiger partial charge in [0.15, 0.2) is 5.96 Å². The van der Waals surface area contributed by atoms with E-state index in [0.29, 0.717) is 0 Å². The molecular weight excluding hydrogens is 196 g/mol. The molecule has 0 saturated carbocycles. The highest BCUT2D eigenvalue weighted by Gasteiger charge is 2.11. The van der Waals surface area contributed by atoms with E-state index in [-0.39, 0.29) is 0 Å². The van der Waals surface area contributed by atoms with Gasteiger partial charge in [0.2, 0.25) is 0 Å². The van der Waals surface area contributed by atoms with Crippen LogP contribution in [-0.4, -0.2) is 36.0 Å². The Bertz CT molecular complexity index is 344. The van der Waals surface area contributed by atoms with Gasteiger partial charge in [0.05, 0.1) is 13.1 Å². The van der Waals surface area contributed by atoms with Crippen molar-refractivity contribution < 1.29 is 0 Å². The van der Waals surface area contributed by atoms with E-state index in [0.717, 1.165) is 30.6 Å². The van der Waals surface area contributed by atoms with Crippen LogP contribution in [0.4, 0.5) is 0 Å². The second kappa shape index (κ2) is 3.96. The Balaban J connectivity index is 1.88. The lowest BCUT2D eigenvalue weighted by Gasteiger charge is -2.14. The number of nitrogens with one attached hydrogen (secondary N) is 1. The first kappa shape index (κ1) is 9.45. The summed E-state index contributed by atoms with van der Waals surface area (Å²) in [5, 5.41) is 4.40. The van der Waals surface area contributed by atoms with Gasteiger partial charge < -0.3 is 10.2 Å². The van der Waals surface area contributed by atoms with Crippen LogP contribution in [0.25, 0.3) is 0 Å². The van der Waals surface area contributed by atoms with Crippen molar-refractivity contribution in [3.8, 4) is 0 Å². The monoisotopic (exact) mass is 210 g/mol. The van der Waals surface area contributed by atoms with Crippen LogP contribution in [0.3, 0.4) is 0 Å². The zero-order valence-corrected chi connectivity index (χ0v) is 9.27. The minimum atomic E-state index is 0.779. The van der Waals surface area contributed by atoms with Crippen molar-refractivity contribution in [1.29, 1.82) is 0 Å². The first-order valence-corrected chi connectivity index (χ1v) is 5.48. The van der Waals surface area contributed by atoms with Crippen LogP contribution >= 0.6 is 11.3 Å². The van der Waals surface area contributed by atoms with Crippen molar-refractivity contribution >= 4 is 17.3 Å². The summed E-state index contributed by atoms with van der Waals surface area (Å²) in [6, 6.07) is 0. The number of hydrogen-bond acceptors (Lipinski definition) is 5. The molecule has 0 aliphatic carbocycles. The summed E-state index contributed by atoms with van der Waals surface area (Å²) in [6.07, 6.45) is 1.90. The quantitative estimate of drug-likeness (QED) is 0.786. The minimum absolute atomic E-state index is 0.779. The SMILES string of the molecule is Cc1cnc(CNC2=NCCN2C)s1. The first-order chi connectivity index (χ1) is 6.75. The lowest BCUT2D eigenvalue weighted by molar-refractivity contribution is 0.534. The summed E-state index contributed by atoms with van der Waals surface area (Å²) in [4.78, 5) is 12.0. The van der Waals surface area contributed by atoms with Gasteiger partial charge in [-0.25, -0.2) is 4.98 Å². The summed E-state index contributed by atoms with van der Waals surface area (Å²) in [5.74, 6) is 0.984. The van der Waals surface area contributed by atoms with E-state index >= 15 is 0 Å². The molecule has 0 radical (unpaired) electrons. The molecule has 0 fully saturated rings. The normalized spacial score (nSPS) is 15.9. The fourth-order valence-corrected chi connectivity index (χ4v) is 2.09. The predicted octanol–water partition coefficient (Wildman–Crippen LogP) is 0.843. The predicted molar refractivity (Wildman–Crippen MR) is 58.6 cm³/mol. The van der Waals surface area contributed by atoms with Crippen molar-refractivity contribution in [2.45, 2.75) is 13.5 Å². The van der Waals surface area contributed by atoms with Gasteiger partial charge in [-0.1, -0.05) is 0 Å². The van der Waals surface area contributed by atoms with Crippen molar-refractivity contribution in [2.75, 3.05) is 20.1 Å². The van der Waals surface area contributed by atoms with Crippen molar-refractivity contribution in [3.63, 3.8) is 0 Å². The number of thiazole rings is 1. The maximum absolute atomic E-state index is 4.35. The molecule has 0 atom stereocenters. The lowest BCUT2D eigenvalue weighted by atomic mass is 10.6. The van der Waals surface area contributed by atoms with E-state index in [9.17, 15) is 0 Å². The molecular formula is C9H14N4S. The van der Waals surface area contributed by atoms with E-state index in [1.165, 1.54) is 4.88 Å². The minimum Gasteiger partial charge on any atom is -0.350 e. The highest BCUT2D eigenvalue weighted by Crippen LogP contribution is 2.10. The lowest BCUT2D eigenvalue weighted by Crippen LogP contribution is -2.35. The zero-order valence-electron chi connectivity index (χ0n) is 8.45. The highest BCUT2D eigenvalue weighted by atomic mass is 32.1. The molecule has 1 aromatic heterocycles. The van der Waals surface area contributed by atoms with Crippen LogP contribution in [0.1, 0.15) is 9.88 Å². The molecule has 5 heteroatoms. The average molecular weight is 210 g/mol.